The third-order valence-corrected chi connectivity index (χ3v) is 9.05. The smallest absolute Gasteiger partial charge is 0.149 e. The molecule has 0 aliphatic heterocycles. The molecule has 0 bridgehead atoms. The molecule has 0 unspecified atom stereocenters. The zero-order valence-corrected chi connectivity index (χ0v) is 24.9. The summed E-state index contributed by atoms with van der Waals surface area (Å²) in [6, 6.07) is 38.0. The van der Waals surface area contributed by atoms with Crippen molar-refractivity contribution in [2.24, 2.45) is 0 Å². The van der Waals surface area contributed by atoms with Crippen molar-refractivity contribution in [1.29, 1.82) is 0 Å². The molecule has 220 valence electrons. The van der Waals surface area contributed by atoms with Gasteiger partial charge < -0.3 is 4.74 Å². The van der Waals surface area contributed by atoms with Gasteiger partial charge in [0.05, 0.1) is 5.52 Å². The summed E-state index contributed by atoms with van der Waals surface area (Å²) in [5.41, 5.74) is 8.35. The third-order valence-electron chi connectivity index (χ3n) is 9.05. The fourth-order valence-electron chi connectivity index (χ4n) is 7.03. The molecule has 0 fully saturated rings. The molecular formula is C40H24N6O. The first-order chi connectivity index (χ1) is 23.3. The average molecular weight is 605 g/mol. The second kappa shape index (κ2) is 9.95. The minimum absolute atomic E-state index is 0.719. The van der Waals surface area contributed by atoms with Crippen LogP contribution in [-0.2, 0) is 0 Å². The Morgan fingerprint density at radius 3 is 1.81 bits per heavy atom. The van der Waals surface area contributed by atoms with Gasteiger partial charge in [0, 0.05) is 58.1 Å². The van der Waals surface area contributed by atoms with Crippen LogP contribution in [0.2, 0.25) is 0 Å². The number of rotatable bonds is 4. The standard InChI is InChI=1S/C40H24N6O/c1-3-7-25(8-4-1)29-15-16-32-30-13-11-27(21-33(30)38-42-17-19-45(38)37(32)36(29)26-9-5-2-6-10-26)47-28-12-14-31-34(22-28)39-43-18-20-46(39)40-35(31)23-41-24-44-40/h1-24H. The van der Waals surface area contributed by atoms with Crippen molar-refractivity contribution in [2.75, 3.05) is 0 Å². The first-order valence-corrected chi connectivity index (χ1v) is 15.4. The second-order valence-electron chi connectivity index (χ2n) is 11.6. The van der Waals surface area contributed by atoms with Crippen LogP contribution in [0.3, 0.4) is 0 Å². The van der Waals surface area contributed by atoms with Gasteiger partial charge in [-0.05, 0) is 63.9 Å². The summed E-state index contributed by atoms with van der Waals surface area (Å²) in [6.45, 7) is 0. The molecule has 7 heteroatoms. The number of fused-ring (bicyclic) bond motifs is 12. The SMILES string of the molecule is c1ccc(-c2ccc3c4ccc(Oc5ccc6c7cncnc7n7ccnc7c6c5)cc4c4nccn4c3c2-c2ccccc2)cc1. The highest BCUT2D eigenvalue weighted by Crippen LogP contribution is 2.42. The second-order valence-corrected chi connectivity index (χ2v) is 11.6. The lowest BCUT2D eigenvalue weighted by molar-refractivity contribution is 0.484. The summed E-state index contributed by atoms with van der Waals surface area (Å²) in [6.07, 6.45) is 11.1. The summed E-state index contributed by atoms with van der Waals surface area (Å²) in [5, 5.41) is 6.25. The zero-order valence-electron chi connectivity index (χ0n) is 24.9. The van der Waals surface area contributed by atoms with Crippen molar-refractivity contribution >= 4 is 54.8 Å². The Labute approximate surface area is 268 Å². The lowest BCUT2D eigenvalue weighted by Gasteiger charge is -2.18. The Morgan fingerprint density at radius 2 is 1.09 bits per heavy atom. The quantitative estimate of drug-likeness (QED) is 0.187. The van der Waals surface area contributed by atoms with Crippen LogP contribution in [0.25, 0.3) is 77.0 Å². The molecule has 7 nitrogen and oxygen atoms in total. The maximum atomic E-state index is 6.53. The normalized spacial score (nSPS) is 11.8. The van der Waals surface area contributed by atoms with Gasteiger partial charge in [-0.3, -0.25) is 8.80 Å². The van der Waals surface area contributed by atoms with Crippen LogP contribution >= 0.6 is 0 Å². The van der Waals surface area contributed by atoms with Crippen molar-refractivity contribution in [1.82, 2.24) is 28.7 Å². The number of imidazole rings is 2. The van der Waals surface area contributed by atoms with E-state index in [-0.39, 0.29) is 0 Å². The van der Waals surface area contributed by atoms with Gasteiger partial charge in [-0.1, -0.05) is 72.8 Å². The predicted molar refractivity (Wildman–Crippen MR) is 187 cm³/mol. The van der Waals surface area contributed by atoms with Crippen LogP contribution in [-0.4, -0.2) is 28.7 Å². The molecule has 0 N–H and O–H groups in total. The highest BCUT2D eigenvalue weighted by molar-refractivity contribution is 6.17. The number of aromatic nitrogens is 6. The van der Waals surface area contributed by atoms with Crippen molar-refractivity contribution in [3.63, 3.8) is 0 Å². The first-order valence-electron chi connectivity index (χ1n) is 15.4. The van der Waals surface area contributed by atoms with Crippen LogP contribution in [0.1, 0.15) is 0 Å². The highest BCUT2D eigenvalue weighted by Gasteiger charge is 2.19. The van der Waals surface area contributed by atoms with E-state index in [9.17, 15) is 0 Å². The lowest BCUT2D eigenvalue weighted by atomic mass is 9.90. The van der Waals surface area contributed by atoms with Gasteiger partial charge in [0.1, 0.15) is 34.8 Å². The topological polar surface area (TPSA) is 69.6 Å². The minimum Gasteiger partial charge on any atom is -0.457 e. The molecule has 0 amide bonds. The molecule has 10 aromatic rings. The predicted octanol–water partition coefficient (Wildman–Crippen LogP) is 9.51. The molecule has 0 aliphatic carbocycles. The summed E-state index contributed by atoms with van der Waals surface area (Å²) in [4.78, 5) is 18.3. The molecule has 5 aromatic carbocycles. The van der Waals surface area contributed by atoms with Gasteiger partial charge in [0.15, 0.2) is 0 Å². The Morgan fingerprint density at radius 1 is 0.489 bits per heavy atom. The van der Waals surface area contributed by atoms with Crippen LogP contribution in [0.5, 0.6) is 11.5 Å². The van der Waals surface area contributed by atoms with E-state index in [4.69, 9.17) is 9.72 Å². The average Bonchev–Trinajstić information content (AvgIpc) is 3.84. The van der Waals surface area contributed by atoms with Crippen molar-refractivity contribution in [3.8, 4) is 33.8 Å². The largest absolute Gasteiger partial charge is 0.457 e. The molecule has 5 heterocycles. The van der Waals surface area contributed by atoms with Gasteiger partial charge in [-0.15, -0.1) is 0 Å². The van der Waals surface area contributed by atoms with Crippen LogP contribution in [0.4, 0.5) is 0 Å². The number of hydrogen-bond acceptors (Lipinski definition) is 5. The molecule has 47 heavy (non-hydrogen) atoms. The van der Waals surface area contributed by atoms with Gasteiger partial charge >= 0.3 is 0 Å². The van der Waals surface area contributed by atoms with E-state index in [1.807, 2.05) is 41.2 Å². The molecule has 0 aliphatic rings. The van der Waals surface area contributed by atoms with Crippen molar-refractivity contribution in [3.05, 3.63) is 147 Å². The number of nitrogens with zero attached hydrogens (tertiary/aromatic N) is 6. The molecule has 0 saturated carbocycles. The molecule has 10 rings (SSSR count). The fraction of sp³-hybridized carbons (Fsp3) is 0. The van der Waals surface area contributed by atoms with Gasteiger partial charge in [-0.25, -0.2) is 19.9 Å². The maximum Gasteiger partial charge on any atom is 0.149 e. The summed E-state index contributed by atoms with van der Waals surface area (Å²) in [5.74, 6) is 1.45. The van der Waals surface area contributed by atoms with E-state index in [0.29, 0.717) is 0 Å². The molecule has 0 radical (unpaired) electrons. The van der Waals surface area contributed by atoms with E-state index in [1.54, 1.807) is 12.5 Å². The van der Waals surface area contributed by atoms with Crippen molar-refractivity contribution in [2.45, 2.75) is 0 Å². The number of ether oxygens (including phenoxy) is 1. The summed E-state index contributed by atoms with van der Waals surface area (Å²) < 4.78 is 10.7. The van der Waals surface area contributed by atoms with E-state index in [1.165, 1.54) is 16.7 Å². The Hall–Kier alpha value is -6.60. The van der Waals surface area contributed by atoms with E-state index in [0.717, 1.165) is 71.8 Å². The number of hydrogen-bond donors (Lipinski definition) is 0. The minimum atomic E-state index is 0.719. The zero-order chi connectivity index (χ0) is 30.9. The van der Waals surface area contributed by atoms with E-state index in [2.05, 4.69) is 117 Å². The number of pyridine rings is 2. The lowest BCUT2D eigenvalue weighted by Crippen LogP contribution is -1.97. The van der Waals surface area contributed by atoms with Crippen LogP contribution < -0.4 is 4.74 Å². The van der Waals surface area contributed by atoms with Crippen molar-refractivity contribution < 1.29 is 4.74 Å². The molecule has 5 aromatic heterocycles. The van der Waals surface area contributed by atoms with E-state index < -0.39 is 0 Å². The fourth-order valence-corrected chi connectivity index (χ4v) is 7.03. The van der Waals surface area contributed by atoms with Crippen LogP contribution in [0, 0.1) is 0 Å². The molecule has 0 spiro atoms. The van der Waals surface area contributed by atoms with Gasteiger partial charge in [0.2, 0.25) is 0 Å². The maximum absolute atomic E-state index is 6.53. The molecular weight excluding hydrogens is 580 g/mol. The van der Waals surface area contributed by atoms with Gasteiger partial charge in [-0.2, -0.15) is 0 Å². The van der Waals surface area contributed by atoms with E-state index >= 15 is 0 Å². The van der Waals surface area contributed by atoms with Gasteiger partial charge in [0.25, 0.3) is 0 Å². The Bertz CT molecular complexity index is 2820. The molecule has 0 atom stereocenters. The first kappa shape index (κ1) is 25.7. The van der Waals surface area contributed by atoms with Crippen LogP contribution in [0.15, 0.2) is 147 Å². The summed E-state index contributed by atoms with van der Waals surface area (Å²) >= 11 is 0. The Kier molecular flexibility index (Phi) is 5.44. The molecule has 0 saturated heterocycles. The third kappa shape index (κ3) is 3.87. The summed E-state index contributed by atoms with van der Waals surface area (Å²) in [7, 11) is 0. The monoisotopic (exact) mass is 604 g/mol. The Balaban J connectivity index is 1.16. The number of benzene rings is 5. The highest BCUT2D eigenvalue weighted by atomic mass is 16.5.